The predicted octanol–water partition coefficient (Wildman–Crippen LogP) is 7.05. The second-order valence-electron chi connectivity index (χ2n) is 9.17. The number of ether oxygens (including phenoxy) is 1. The van der Waals surface area contributed by atoms with Crippen LogP contribution in [0.15, 0.2) is 63.3 Å². The van der Waals surface area contributed by atoms with E-state index in [4.69, 9.17) is 24.1 Å². The number of thioether (sulfide) groups is 2. The van der Waals surface area contributed by atoms with E-state index in [1.54, 1.807) is 17.6 Å². The van der Waals surface area contributed by atoms with E-state index in [1.165, 1.54) is 29.1 Å². The number of furan rings is 1. The monoisotopic (exact) mass is 533 g/mol. The molecule has 5 aromatic rings. The number of aromatic nitrogens is 3. The fourth-order valence-electron chi connectivity index (χ4n) is 4.48. The van der Waals surface area contributed by atoms with Crippen molar-refractivity contribution in [2.75, 3.05) is 12.0 Å². The van der Waals surface area contributed by atoms with Gasteiger partial charge < -0.3 is 9.15 Å². The quantitative estimate of drug-likeness (QED) is 0.0994. The third-order valence-electron chi connectivity index (χ3n) is 6.21. The van der Waals surface area contributed by atoms with Crippen LogP contribution in [0.25, 0.3) is 31.9 Å². The third-order valence-corrected chi connectivity index (χ3v) is 8.94. The molecule has 0 bridgehead atoms. The molecule has 0 spiro atoms. The number of benzene rings is 1. The van der Waals surface area contributed by atoms with Gasteiger partial charge in [-0.2, -0.15) is 0 Å². The third kappa shape index (κ3) is 4.24. The van der Waals surface area contributed by atoms with Crippen LogP contribution >= 0.6 is 34.9 Å². The normalized spacial score (nSPS) is 14.9. The number of thiophene rings is 1. The van der Waals surface area contributed by atoms with Crippen LogP contribution < -0.4 is 0 Å². The molecule has 182 valence electrons. The van der Waals surface area contributed by atoms with Crippen molar-refractivity contribution in [1.29, 1.82) is 0 Å². The number of hydrogen-bond acceptors (Lipinski definition) is 9. The molecule has 0 N–H and O–H groups in total. The van der Waals surface area contributed by atoms with E-state index in [9.17, 15) is 4.79 Å². The van der Waals surface area contributed by atoms with Gasteiger partial charge in [-0.05, 0) is 37.8 Å². The van der Waals surface area contributed by atoms with Crippen LogP contribution in [-0.2, 0) is 17.8 Å². The van der Waals surface area contributed by atoms with Gasteiger partial charge >= 0.3 is 0 Å². The van der Waals surface area contributed by atoms with Gasteiger partial charge in [0.2, 0.25) is 0 Å². The Morgan fingerprint density at radius 1 is 1.08 bits per heavy atom. The predicted molar refractivity (Wildman–Crippen MR) is 146 cm³/mol. The Morgan fingerprint density at radius 3 is 2.67 bits per heavy atom. The average Bonchev–Trinajstić information content (AvgIpc) is 3.54. The topological polar surface area (TPSA) is 78.1 Å². The van der Waals surface area contributed by atoms with E-state index < -0.39 is 0 Å². The highest BCUT2D eigenvalue weighted by atomic mass is 32.2. The van der Waals surface area contributed by atoms with Gasteiger partial charge in [-0.1, -0.05) is 53.9 Å². The van der Waals surface area contributed by atoms with Crippen molar-refractivity contribution in [3.63, 3.8) is 0 Å². The largest absolute Gasteiger partial charge is 0.463 e. The van der Waals surface area contributed by atoms with Crippen LogP contribution in [0.3, 0.4) is 0 Å². The summed E-state index contributed by atoms with van der Waals surface area (Å²) in [6.45, 7) is 4.69. The lowest BCUT2D eigenvalue weighted by molar-refractivity contribution is -0.0395. The first-order valence-corrected chi connectivity index (χ1v) is 14.5. The zero-order valence-electron chi connectivity index (χ0n) is 20.0. The highest BCUT2D eigenvalue weighted by Gasteiger charge is 2.33. The van der Waals surface area contributed by atoms with Crippen LogP contribution in [0.2, 0.25) is 0 Å². The summed E-state index contributed by atoms with van der Waals surface area (Å²) >= 11 is 4.54. The second-order valence-corrected chi connectivity index (χ2v) is 11.9. The highest BCUT2D eigenvalue weighted by molar-refractivity contribution is 8.00. The van der Waals surface area contributed by atoms with Gasteiger partial charge in [0.15, 0.2) is 16.7 Å². The summed E-state index contributed by atoms with van der Waals surface area (Å²) in [6, 6.07) is 13.2. The van der Waals surface area contributed by atoms with Crippen LogP contribution in [0.4, 0.5) is 0 Å². The lowest BCUT2D eigenvalue weighted by Gasteiger charge is -2.32. The van der Waals surface area contributed by atoms with Crippen molar-refractivity contribution in [2.24, 2.45) is 0 Å². The fraction of sp³-hybridized carbons (Fsp3) is 0.259. The van der Waals surface area contributed by atoms with E-state index in [0.717, 1.165) is 48.9 Å². The SMILES string of the molecule is CSc1nc(SCC(=O)c2ccccc2)c2sc3nc(-c4ccco4)c4c(c3c2n1)CC(C)(C)OC4. The zero-order valence-corrected chi connectivity index (χ0v) is 22.5. The Labute approximate surface area is 220 Å². The van der Waals surface area contributed by atoms with E-state index in [-0.39, 0.29) is 11.4 Å². The number of carbonyl (C=O) groups is 1. The number of hydrogen-bond donors (Lipinski definition) is 0. The van der Waals surface area contributed by atoms with Crippen LogP contribution in [0, 0.1) is 0 Å². The van der Waals surface area contributed by atoms with E-state index >= 15 is 0 Å². The molecule has 6 rings (SSSR count). The van der Waals surface area contributed by atoms with Crippen LogP contribution in [0.5, 0.6) is 0 Å². The number of rotatable bonds is 6. The molecule has 9 heteroatoms. The van der Waals surface area contributed by atoms with Crippen molar-refractivity contribution in [2.45, 2.75) is 42.7 Å². The van der Waals surface area contributed by atoms with Crippen molar-refractivity contribution in [1.82, 2.24) is 15.0 Å². The molecule has 0 aliphatic carbocycles. The molecule has 0 radical (unpaired) electrons. The minimum Gasteiger partial charge on any atom is -0.463 e. The average molecular weight is 534 g/mol. The van der Waals surface area contributed by atoms with Gasteiger partial charge in [-0.25, -0.2) is 15.0 Å². The van der Waals surface area contributed by atoms with E-state index in [2.05, 4.69) is 13.8 Å². The first-order chi connectivity index (χ1) is 17.4. The molecule has 1 aliphatic rings. The lowest BCUT2D eigenvalue weighted by atomic mass is 9.89. The van der Waals surface area contributed by atoms with Crippen molar-refractivity contribution in [3.8, 4) is 11.5 Å². The minimum absolute atomic E-state index is 0.0775. The fourth-order valence-corrected chi connectivity index (χ4v) is 7.04. The molecule has 36 heavy (non-hydrogen) atoms. The molecule has 0 unspecified atom stereocenters. The molecule has 5 heterocycles. The molecule has 6 nitrogen and oxygen atoms in total. The summed E-state index contributed by atoms with van der Waals surface area (Å²) in [4.78, 5) is 28.5. The summed E-state index contributed by atoms with van der Waals surface area (Å²) in [5.74, 6) is 1.11. The Balaban J connectivity index is 1.53. The molecule has 4 aromatic heterocycles. The molecule has 0 fully saturated rings. The van der Waals surface area contributed by atoms with Gasteiger partial charge in [0.1, 0.15) is 15.6 Å². The Morgan fingerprint density at radius 2 is 1.92 bits per heavy atom. The first kappa shape index (κ1) is 23.7. The van der Waals surface area contributed by atoms with Gasteiger partial charge in [0, 0.05) is 22.9 Å². The molecule has 1 aliphatic heterocycles. The van der Waals surface area contributed by atoms with Gasteiger partial charge in [-0.3, -0.25) is 4.79 Å². The molecule has 0 atom stereocenters. The van der Waals surface area contributed by atoms with Gasteiger partial charge in [0.25, 0.3) is 0 Å². The molecule has 0 saturated carbocycles. The summed E-state index contributed by atoms with van der Waals surface area (Å²) in [5.41, 5.74) is 4.38. The van der Waals surface area contributed by atoms with Crippen LogP contribution in [-0.4, -0.2) is 38.3 Å². The maximum Gasteiger partial charge on any atom is 0.189 e. The lowest BCUT2D eigenvalue weighted by Crippen LogP contribution is -2.32. The minimum atomic E-state index is -0.301. The zero-order chi connectivity index (χ0) is 24.9. The van der Waals surface area contributed by atoms with Gasteiger partial charge in [0.05, 0.1) is 34.4 Å². The van der Waals surface area contributed by atoms with Gasteiger partial charge in [-0.15, -0.1) is 11.3 Å². The molecule has 0 amide bonds. The second kappa shape index (κ2) is 9.30. The summed E-state index contributed by atoms with van der Waals surface area (Å²) < 4.78 is 12.9. The number of nitrogens with zero attached hydrogens (tertiary/aromatic N) is 3. The molecular weight excluding hydrogens is 511 g/mol. The summed E-state index contributed by atoms with van der Waals surface area (Å²) in [5, 5.41) is 2.56. The Hall–Kier alpha value is -2.72. The summed E-state index contributed by atoms with van der Waals surface area (Å²) in [6.07, 6.45) is 4.38. The number of fused-ring (bicyclic) bond motifs is 5. The molecule has 1 aromatic carbocycles. The van der Waals surface area contributed by atoms with Crippen molar-refractivity contribution >= 4 is 61.1 Å². The number of ketones is 1. The highest BCUT2D eigenvalue weighted by Crippen LogP contribution is 2.45. The number of carbonyl (C=O) groups excluding carboxylic acids is 1. The first-order valence-electron chi connectivity index (χ1n) is 11.5. The van der Waals surface area contributed by atoms with E-state index in [1.807, 2.05) is 48.7 Å². The maximum absolute atomic E-state index is 12.8. The van der Waals surface area contributed by atoms with Crippen molar-refractivity contribution in [3.05, 3.63) is 65.4 Å². The van der Waals surface area contributed by atoms with Crippen LogP contribution in [0.1, 0.15) is 35.3 Å². The van der Waals surface area contributed by atoms with E-state index in [0.29, 0.717) is 23.1 Å². The molecule has 0 saturated heterocycles. The van der Waals surface area contributed by atoms with Crippen molar-refractivity contribution < 1.29 is 13.9 Å². The standard InChI is InChI=1S/C27H23N3O3S3/c1-27(2)12-16-17(13-33-27)21(19-10-7-11-32-19)28-24-20(16)22-23(36-24)25(30-26(29-22)34-3)35-14-18(31)15-8-5-4-6-9-15/h4-11H,12-14H2,1-3H3. The number of pyridine rings is 1. The Bertz CT molecular complexity index is 1600. The Kier molecular flexibility index (Phi) is 6.11. The molecular formula is C27H23N3O3S3. The summed E-state index contributed by atoms with van der Waals surface area (Å²) in [7, 11) is 0. The maximum atomic E-state index is 12.8. The smallest absolute Gasteiger partial charge is 0.189 e. The number of Topliss-reactive ketones (excluding diaryl/α,β-unsaturated/α-hetero) is 1.